The van der Waals surface area contributed by atoms with E-state index in [9.17, 15) is 9.59 Å². The highest BCUT2D eigenvalue weighted by atomic mass is 16.5. The normalized spacial score (nSPS) is 32.2. The summed E-state index contributed by atoms with van der Waals surface area (Å²) in [6.45, 7) is 3.81. The smallest absolute Gasteiger partial charge is 0.292 e. The van der Waals surface area contributed by atoms with Gasteiger partial charge in [0.1, 0.15) is 0 Å². The summed E-state index contributed by atoms with van der Waals surface area (Å²) in [5.41, 5.74) is 0.916. The molecule has 0 unspecified atom stereocenters. The molecule has 3 saturated carbocycles. The van der Waals surface area contributed by atoms with Gasteiger partial charge in [0, 0.05) is 38.6 Å². The second-order valence-electron chi connectivity index (χ2n) is 9.21. The van der Waals surface area contributed by atoms with Gasteiger partial charge in [-0.05, 0) is 56.3 Å². The van der Waals surface area contributed by atoms with E-state index in [1.165, 1.54) is 12.8 Å². The summed E-state index contributed by atoms with van der Waals surface area (Å²) < 4.78 is 11.5. The largest absolute Gasteiger partial charge is 0.376 e. The second kappa shape index (κ2) is 7.17. The molecule has 0 aromatic carbocycles. The lowest BCUT2D eigenvalue weighted by molar-refractivity contribution is -0.122. The van der Waals surface area contributed by atoms with Gasteiger partial charge < -0.3 is 19.5 Å². The lowest BCUT2D eigenvalue weighted by Gasteiger charge is -2.38. The van der Waals surface area contributed by atoms with E-state index < -0.39 is 0 Å². The van der Waals surface area contributed by atoms with Crippen molar-refractivity contribution in [3.05, 3.63) is 17.5 Å². The molecule has 1 N–H and O–H groups in total. The van der Waals surface area contributed by atoms with Gasteiger partial charge in [-0.15, -0.1) is 0 Å². The SMILES string of the molecule is CC(=O)N[C@@H]1C[C@@H]2CN(C(=O)c3cc(C4CC4)no3)C[C@@H]2C[C@H]1OCC1CC1. The number of likely N-dealkylation sites (tertiary alicyclic amines) is 1. The van der Waals surface area contributed by atoms with Crippen molar-refractivity contribution in [2.24, 2.45) is 17.8 Å². The molecule has 7 nitrogen and oxygen atoms in total. The minimum atomic E-state index is -0.0553. The summed E-state index contributed by atoms with van der Waals surface area (Å²) in [6, 6.07) is 1.86. The number of rotatable bonds is 6. The second-order valence-corrected chi connectivity index (χ2v) is 9.21. The zero-order chi connectivity index (χ0) is 19.3. The third-order valence-corrected chi connectivity index (χ3v) is 6.77. The molecule has 1 saturated heterocycles. The molecule has 152 valence electrons. The summed E-state index contributed by atoms with van der Waals surface area (Å²) in [5, 5.41) is 7.17. The first kappa shape index (κ1) is 18.2. The maximum atomic E-state index is 12.9. The summed E-state index contributed by atoms with van der Waals surface area (Å²) in [5.74, 6) is 2.29. The Labute approximate surface area is 165 Å². The van der Waals surface area contributed by atoms with Crippen LogP contribution in [0.2, 0.25) is 0 Å². The lowest BCUT2D eigenvalue weighted by atomic mass is 9.77. The Morgan fingerprint density at radius 1 is 1.21 bits per heavy atom. The molecule has 4 atom stereocenters. The van der Waals surface area contributed by atoms with Crippen LogP contribution in [0.3, 0.4) is 0 Å². The van der Waals surface area contributed by atoms with Crippen molar-refractivity contribution in [2.75, 3.05) is 19.7 Å². The van der Waals surface area contributed by atoms with Crippen LogP contribution < -0.4 is 5.32 Å². The van der Waals surface area contributed by atoms with Crippen molar-refractivity contribution in [3.8, 4) is 0 Å². The van der Waals surface area contributed by atoms with Gasteiger partial charge >= 0.3 is 0 Å². The molecule has 3 aliphatic carbocycles. The van der Waals surface area contributed by atoms with Crippen molar-refractivity contribution in [1.82, 2.24) is 15.4 Å². The molecular formula is C21H29N3O4. The third-order valence-electron chi connectivity index (χ3n) is 6.77. The zero-order valence-electron chi connectivity index (χ0n) is 16.4. The number of hydrogen-bond acceptors (Lipinski definition) is 5. The first-order valence-corrected chi connectivity index (χ1v) is 10.7. The van der Waals surface area contributed by atoms with Crippen molar-refractivity contribution < 1.29 is 18.8 Å². The first-order valence-electron chi connectivity index (χ1n) is 10.7. The van der Waals surface area contributed by atoms with Crippen LogP contribution in [-0.2, 0) is 9.53 Å². The first-order chi connectivity index (χ1) is 13.6. The van der Waals surface area contributed by atoms with E-state index in [1.54, 1.807) is 6.92 Å². The van der Waals surface area contributed by atoms with Crippen LogP contribution in [-0.4, -0.2) is 53.7 Å². The molecule has 1 aromatic rings. The fourth-order valence-corrected chi connectivity index (χ4v) is 4.84. The van der Waals surface area contributed by atoms with E-state index in [1.807, 2.05) is 11.0 Å². The Kier molecular flexibility index (Phi) is 4.65. The number of aromatic nitrogens is 1. The number of fused-ring (bicyclic) bond motifs is 1. The van der Waals surface area contributed by atoms with Gasteiger partial charge in [-0.2, -0.15) is 0 Å². The fourth-order valence-electron chi connectivity index (χ4n) is 4.84. The van der Waals surface area contributed by atoms with E-state index in [-0.39, 0.29) is 24.0 Å². The molecule has 0 spiro atoms. The van der Waals surface area contributed by atoms with Gasteiger partial charge in [0.05, 0.1) is 17.8 Å². The number of amides is 2. The van der Waals surface area contributed by atoms with Gasteiger partial charge in [0.2, 0.25) is 11.7 Å². The zero-order valence-corrected chi connectivity index (χ0v) is 16.4. The quantitative estimate of drug-likeness (QED) is 0.810. The highest BCUT2D eigenvalue weighted by molar-refractivity contribution is 5.91. The maximum Gasteiger partial charge on any atom is 0.292 e. The molecule has 1 aliphatic heterocycles. The summed E-state index contributed by atoms with van der Waals surface area (Å²) in [4.78, 5) is 26.5. The van der Waals surface area contributed by atoms with Crippen LogP contribution in [0.25, 0.3) is 0 Å². The minimum Gasteiger partial charge on any atom is -0.376 e. The van der Waals surface area contributed by atoms with E-state index in [4.69, 9.17) is 9.26 Å². The van der Waals surface area contributed by atoms with E-state index >= 15 is 0 Å². The lowest BCUT2D eigenvalue weighted by Crippen LogP contribution is -2.50. The van der Waals surface area contributed by atoms with Crippen molar-refractivity contribution in [3.63, 3.8) is 0 Å². The molecule has 2 amide bonds. The van der Waals surface area contributed by atoms with Crippen LogP contribution in [0, 0.1) is 17.8 Å². The van der Waals surface area contributed by atoms with E-state index in [0.29, 0.717) is 36.0 Å². The minimum absolute atomic E-state index is 0.0105. The molecule has 0 radical (unpaired) electrons. The number of nitrogens with one attached hydrogen (secondary N) is 1. The topological polar surface area (TPSA) is 84.7 Å². The molecule has 4 aliphatic rings. The molecule has 7 heteroatoms. The number of carbonyl (C=O) groups excluding carboxylic acids is 2. The molecule has 1 aromatic heterocycles. The van der Waals surface area contributed by atoms with Gasteiger partial charge in [-0.25, -0.2) is 0 Å². The highest BCUT2D eigenvalue weighted by Crippen LogP contribution is 2.41. The molecule has 28 heavy (non-hydrogen) atoms. The maximum absolute atomic E-state index is 12.9. The number of nitrogens with zero attached hydrogens (tertiary/aromatic N) is 2. The molecule has 0 bridgehead atoms. The van der Waals surface area contributed by atoms with Gasteiger partial charge in [-0.1, -0.05) is 5.16 Å². The molecule has 4 fully saturated rings. The summed E-state index contributed by atoms with van der Waals surface area (Å²) in [6.07, 6.45) is 6.61. The molecule has 2 heterocycles. The Morgan fingerprint density at radius 2 is 1.96 bits per heavy atom. The average Bonchev–Trinajstić information content (AvgIpc) is 3.59. The van der Waals surface area contributed by atoms with Gasteiger partial charge in [0.15, 0.2) is 0 Å². The predicted molar refractivity (Wildman–Crippen MR) is 101 cm³/mol. The number of carbonyl (C=O) groups is 2. The average molecular weight is 387 g/mol. The van der Waals surface area contributed by atoms with Gasteiger partial charge in [0.25, 0.3) is 5.91 Å². The van der Waals surface area contributed by atoms with Crippen LogP contribution in [0.1, 0.15) is 67.6 Å². The summed E-state index contributed by atoms with van der Waals surface area (Å²) >= 11 is 0. The van der Waals surface area contributed by atoms with Crippen LogP contribution >= 0.6 is 0 Å². The highest BCUT2D eigenvalue weighted by Gasteiger charge is 2.45. The van der Waals surface area contributed by atoms with Gasteiger partial charge in [-0.3, -0.25) is 9.59 Å². The number of ether oxygens (including phenoxy) is 1. The molecular weight excluding hydrogens is 358 g/mol. The fraction of sp³-hybridized carbons (Fsp3) is 0.762. The van der Waals surface area contributed by atoms with Crippen LogP contribution in [0.4, 0.5) is 0 Å². The third kappa shape index (κ3) is 3.81. The van der Waals surface area contributed by atoms with E-state index in [0.717, 1.165) is 44.5 Å². The Hall–Kier alpha value is -1.89. The Bertz CT molecular complexity index is 755. The van der Waals surface area contributed by atoms with Crippen molar-refractivity contribution in [1.29, 1.82) is 0 Å². The van der Waals surface area contributed by atoms with Crippen LogP contribution in [0.15, 0.2) is 10.6 Å². The van der Waals surface area contributed by atoms with Crippen LogP contribution in [0.5, 0.6) is 0 Å². The van der Waals surface area contributed by atoms with E-state index in [2.05, 4.69) is 10.5 Å². The summed E-state index contributed by atoms with van der Waals surface area (Å²) in [7, 11) is 0. The molecule has 5 rings (SSSR count). The predicted octanol–water partition coefficient (Wildman–Crippen LogP) is 2.33. The number of hydrogen-bond donors (Lipinski definition) is 1. The standard InChI is InChI=1S/C21H29N3O4/c1-12(25)22-18-6-15-9-24(10-16(15)7-19(18)27-11-13-2-3-13)21(26)20-8-17(23-28-20)14-4-5-14/h8,13-16,18-19H,2-7,9-11H2,1H3,(H,22,25)/t15-,16+,18-,19-/m1/s1. The monoisotopic (exact) mass is 387 g/mol. The van der Waals surface area contributed by atoms with Crippen molar-refractivity contribution >= 4 is 11.8 Å². The Balaban J connectivity index is 1.24. The van der Waals surface area contributed by atoms with Crippen molar-refractivity contribution in [2.45, 2.75) is 63.5 Å². The Morgan fingerprint density at radius 3 is 2.64 bits per heavy atom.